The van der Waals surface area contributed by atoms with Crippen molar-refractivity contribution in [2.24, 2.45) is 0 Å². The largest absolute Gasteiger partial charge is 0.246 e. The predicted molar refractivity (Wildman–Crippen MR) is 71.2 cm³/mol. The number of rotatable bonds is 5. The van der Waals surface area contributed by atoms with Crippen LogP contribution in [0.1, 0.15) is 19.3 Å². The van der Waals surface area contributed by atoms with Crippen molar-refractivity contribution in [1.29, 1.82) is 5.26 Å². The second-order valence-corrected chi connectivity index (χ2v) is 7.10. The minimum atomic E-state index is -3.87. The zero-order chi connectivity index (χ0) is 14.0. The summed E-state index contributed by atoms with van der Waals surface area (Å²) in [6.07, 6.45) is 1.64. The van der Waals surface area contributed by atoms with Crippen LogP contribution in [0.2, 0.25) is 0 Å². The van der Waals surface area contributed by atoms with Crippen LogP contribution in [0.15, 0.2) is 27.6 Å². The van der Waals surface area contributed by atoms with E-state index in [-0.39, 0.29) is 23.9 Å². The van der Waals surface area contributed by atoms with Crippen LogP contribution in [0.5, 0.6) is 0 Å². The Labute approximate surface area is 120 Å². The van der Waals surface area contributed by atoms with Gasteiger partial charge in [-0.25, -0.2) is 12.8 Å². The lowest BCUT2D eigenvalue weighted by molar-refractivity contribution is 0.407. The molecule has 1 aliphatic carbocycles. The Morgan fingerprint density at radius 2 is 2.16 bits per heavy atom. The van der Waals surface area contributed by atoms with Gasteiger partial charge in [-0.1, -0.05) is 15.9 Å². The lowest BCUT2D eigenvalue weighted by atomic mass is 10.3. The average molecular weight is 347 g/mol. The number of sulfonamides is 1. The van der Waals surface area contributed by atoms with Crippen LogP contribution in [0.25, 0.3) is 0 Å². The second kappa shape index (κ2) is 5.57. The molecule has 0 N–H and O–H groups in total. The van der Waals surface area contributed by atoms with E-state index >= 15 is 0 Å². The van der Waals surface area contributed by atoms with Gasteiger partial charge in [-0.15, -0.1) is 0 Å². The first-order valence-electron chi connectivity index (χ1n) is 5.80. The van der Waals surface area contributed by atoms with Crippen LogP contribution >= 0.6 is 15.9 Å². The average Bonchev–Trinajstić information content (AvgIpc) is 3.13. The molecule has 0 aliphatic heterocycles. The molecule has 1 saturated carbocycles. The van der Waals surface area contributed by atoms with Crippen molar-refractivity contribution in [3.8, 4) is 6.07 Å². The molecule has 1 aromatic rings. The molecule has 1 aliphatic rings. The summed E-state index contributed by atoms with van der Waals surface area (Å²) in [5.41, 5.74) is 0. The Morgan fingerprint density at radius 1 is 1.47 bits per heavy atom. The smallest absolute Gasteiger partial charge is 0.207 e. The molecule has 102 valence electrons. The van der Waals surface area contributed by atoms with Crippen LogP contribution < -0.4 is 0 Å². The molecular formula is C12H12BrFN2O2S. The normalized spacial score (nSPS) is 15.5. The van der Waals surface area contributed by atoms with E-state index in [1.54, 1.807) is 0 Å². The highest BCUT2D eigenvalue weighted by atomic mass is 79.9. The Hall–Kier alpha value is -0.970. The van der Waals surface area contributed by atoms with Crippen LogP contribution in [-0.4, -0.2) is 25.3 Å². The molecule has 19 heavy (non-hydrogen) atoms. The molecule has 1 aromatic carbocycles. The highest BCUT2D eigenvalue weighted by Crippen LogP contribution is 2.33. The van der Waals surface area contributed by atoms with E-state index in [1.165, 1.54) is 16.4 Å². The number of nitriles is 1. The molecule has 0 heterocycles. The molecule has 0 unspecified atom stereocenters. The van der Waals surface area contributed by atoms with Crippen LogP contribution in [-0.2, 0) is 10.0 Å². The zero-order valence-electron chi connectivity index (χ0n) is 10.0. The molecule has 2 rings (SSSR count). The van der Waals surface area contributed by atoms with Gasteiger partial charge in [0.1, 0.15) is 10.7 Å². The lowest BCUT2D eigenvalue weighted by Gasteiger charge is -2.21. The summed E-state index contributed by atoms with van der Waals surface area (Å²) in [7, 11) is -3.87. The summed E-state index contributed by atoms with van der Waals surface area (Å²) >= 11 is 3.09. The fraction of sp³-hybridized carbons (Fsp3) is 0.417. The zero-order valence-corrected chi connectivity index (χ0v) is 12.4. The van der Waals surface area contributed by atoms with Crippen molar-refractivity contribution in [3.05, 3.63) is 28.5 Å². The molecule has 0 radical (unpaired) electrons. The standard InChI is InChI=1S/C12H12BrFN2O2S/c13-9-2-5-12(11(14)8-9)19(17,18)16(7-1-6-15)10-3-4-10/h2,5,8,10H,1,3-4,7H2. The number of nitrogens with zero attached hydrogens (tertiary/aromatic N) is 2. The van der Waals surface area contributed by atoms with E-state index in [0.29, 0.717) is 4.47 Å². The van der Waals surface area contributed by atoms with Crippen molar-refractivity contribution >= 4 is 26.0 Å². The first-order chi connectivity index (χ1) is 8.96. The van der Waals surface area contributed by atoms with E-state index in [2.05, 4.69) is 15.9 Å². The third kappa shape index (κ3) is 3.14. The molecule has 7 heteroatoms. The van der Waals surface area contributed by atoms with Crippen LogP contribution in [0.3, 0.4) is 0 Å². The second-order valence-electron chi connectivity index (χ2n) is 4.33. The summed E-state index contributed by atoms with van der Waals surface area (Å²) < 4.78 is 40.4. The molecule has 0 aromatic heterocycles. The molecule has 0 spiro atoms. The van der Waals surface area contributed by atoms with Crippen LogP contribution in [0, 0.1) is 17.1 Å². The van der Waals surface area contributed by atoms with Gasteiger partial charge >= 0.3 is 0 Å². The van der Waals surface area contributed by atoms with Gasteiger partial charge in [0.15, 0.2) is 0 Å². The Balaban J connectivity index is 2.36. The van der Waals surface area contributed by atoms with Crippen molar-refractivity contribution in [3.63, 3.8) is 0 Å². The molecule has 0 atom stereocenters. The third-order valence-corrected chi connectivity index (χ3v) is 5.36. The Morgan fingerprint density at radius 3 is 2.68 bits per heavy atom. The minimum Gasteiger partial charge on any atom is -0.207 e. The van der Waals surface area contributed by atoms with Crippen molar-refractivity contribution in [2.45, 2.75) is 30.2 Å². The van der Waals surface area contributed by atoms with E-state index in [0.717, 1.165) is 18.9 Å². The summed E-state index contributed by atoms with van der Waals surface area (Å²) in [6.45, 7) is 0.110. The molecule has 1 fully saturated rings. The fourth-order valence-corrected chi connectivity index (χ4v) is 3.90. The first kappa shape index (κ1) is 14.4. The summed E-state index contributed by atoms with van der Waals surface area (Å²) in [4.78, 5) is -0.333. The maximum Gasteiger partial charge on any atom is 0.246 e. The van der Waals surface area contributed by atoms with Crippen molar-refractivity contribution in [2.75, 3.05) is 6.54 Å². The van der Waals surface area contributed by atoms with Crippen molar-refractivity contribution in [1.82, 2.24) is 4.31 Å². The first-order valence-corrected chi connectivity index (χ1v) is 8.04. The molecular weight excluding hydrogens is 335 g/mol. The van der Waals surface area contributed by atoms with Gasteiger partial charge in [0.2, 0.25) is 10.0 Å². The number of hydrogen-bond acceptors (Lipinski definition) is 3. The maximum atomic E-state index is 13.8. The summed E-state index contributed by atoms with van der Waals surface area (Å²) in [5.74, 6) is -0.781. The lowest BCUT2D eigenvalue weighted by Crippen LogP contribution is -2.34. The van der Waals surface area contributed by atoms with Gasteiger partial charge in [0.25, 0.3) is 0 Å². The Bertz CT molecular complexity index is 623. The molecule has 4 nitrogen and oxygen atoms in total. The quantitative estimate of drug-likeness (QED) is 0.823. The SMILES string of the molecule is N#CCCN(C1CC1)S(=O)(=O)c1ccc(Br)cc1F. The number of hydrogen-bond donors (Lipinski definition) is 0. The van der Waals surface area contributed by atoms with Crippen LogP contribution in [0.4, 0.5) is 4.39 Å². The summed E-state index contributed by atoms with van der Waals surface area (Å²) in [6, 6.07) is 5.69. The highest BCUT2D eigenvalue weighted by molar-refractivity contribution is 9.10. The summed E-state index contributed by atoms with van der Waals surface area (Å²) in [5, 5.41) is 8.59. The number of benzene rings is 1. The highest BCUT2D eigenvalue weighted by Gasteiger charge is 2.38. The van der Waals surface area contributed by atoms with Gasteiger partial charge in [0, 0.05) is 23.5 Å². The van der Waals surface area contributed by atoms with E-state index in [4.69, 9.17) is 5.26 Å². The van der Waals surface area contributed by atoms with Gasteiger partial charge in [-0.2, -0.15) is 9.57 Å². The fourth-order valence-electron chi connectivity index (χ4n) is 1.83. The number of halogens is 2. The van der Waals surface area contributed by atoms with E-state index in [9.17, 15) is 12.8 Å². The molecule has 0 bridgehead atoms. The topological polar surface area (TPSA) is 61.2 Å². The van der Waals surface area contributed by atoms with Gasteiger partial charge in [-0.05, 0) is 31.0 Å². The van der Waals surface area contributed by atoms with Gasteiger partial charge < -0.3 is 0 Å². The van der Waals surface area contributed by atoms with E-state index < -0.39 is 15.8 Å². The monoisotopic (exact) mass is 346 g/mol. The molecule has 0 saturated heterocycles. The Kier molecular flexibility index (Phi) is 4.23. The van der Waals surface area contributed by atoms with Gasteiger partial charge in [0.05, 0.1) is 6.07 Å². The minimum absolute atomic E-state index is 0.0959. The third-order valence-electron chi connectivity index (χ3n) is 2.88. The van der Waals surface area contributed by atoms with E-state index in [1.807, 2.05) is 6.07 Å². The van der Waals surface area contributed by atoms with Gasteiger partial charge in [-0.3, -0.25) is 0 Å². The predicted octanol–water partition coefficient (Wildman–Crippen LogP) is 2.65. The molecule has 0 amide bonds. The van der Waals surface area contributed by atoms with Crippen molar-refractivity contribution < 1.29 is 12.8 Å². The maximum absolute atomic E-state index is 13.8.